The smallest absolute Gasteiger partial charge is 0.240 e. The summed E-state index contributed by atoms with van der Waals surface area (Å²) in [6.45, 7) is 3.41. The van der Waals surface area contributed by atoms with Crippen LogP contribution in [0.3, 0.4) is 0 Å². The lowest BCUT2D eigenvalue weighted by Gasteiger charge is -2.17. The minimum Gasteiger partial charge on any atom is -0.389 e. The molecule has 96 valence electrons. The van der Waals surface area contributed by atoms with E-state index in [1.54, 1.807) is 12.1 Å². The van der Waals surface area contributed by atoms with Crippen molar-refractivity contribution in [1.29, 1.82) is 0 Å². The number of nitrogens with two attached hydrogens (primary N) is 1. The highest BCUT2D eigenvalue weighted by Crippen LogP contribution is 2.11. The molecule has 0 aromatic heterocycles. The van der Waals surface area contributed by atoms with Crippen molar-refractivity contribution in [3.63, 3.8) is 0 Å². The van der Waals surface area contributed by atoms with Crippen molar-refractivity contribution in [2.75, 3.05) is 6.54 Å². The number of benzene rings is 1. The predicted molar refractivity (Wildman–Crippen MR) is 65.8 cm³/mol. The third-order valence-corrected chi connectivity index (χ3v) is 3.58. The Balaban J connectivity index is 2.82. The zero-order valence-electron chi connectivity index (χ0n) is 9.97. The van der Waals surface area contributed by atoms with Crippen LogP contribution in [0.5, 0.6) is 0 Å². The normalized spacial score (nSPS) is 12.7. The molecule has 1 aromatic rings. The monoisotopic (exact) mass is 258 g/mol. The molecule has 17 heavy (non-hydrogen) atoms. The highest BCUT2D eigenvalue weighted by molar-refractivity contribution is 7.89. The molecule has 0 fully saturated rings. The molecule has 0 saturated carbocycles. The molecule has 0 aliphatic carbocycles. The SMILES string of the molecule is CC(C)(O)CNS(=O)(=O)c1ccc(CN)cc1. The van der Waals surface area contributed by atoms with Crippen LogP contribution in [-0.2, 0) is 16.6 Å². The molecule has 0 unspecified atom stereocenters. The third-order valence-electron chi connectivity index (χ3n) is 2.16. The van der Waals surface area contributed by atoms with E-state index in [1.165, 1.54) is 26.0 Å². The maximum Gasteiger partial charge on any atom is 0.240 e. The largest absolute Gasteiger partial charge is 0.389 e. The average molecular weight is 258 g/mol. The van der Waals surface area contributed by atoms with Crippen LogP contribution in [0.4, 0.5) is 0 Å². The third kappa shape index (κ3) is 4.43. The van der Waals surface area contributed by atoms with Gasteiger partial charge in [0.2, 0.25) is 10.0 Å². The fourth-order valence-electron chi connectivity index (χ4n) is 1.16. The molecule has 0 amide bonds. The van der Waals surface area contributed by atoms with E-state index in [9.17, 15) is 13.5 Å². The lowest BCUT2D eigenvalue weighted by molar-refractivity contribution is 0.0857. The highest BCUT2D eigenvalue weighted by atomic mass is 32.2. The summed E-state index contributed by atoms with van der Waals surface area (Å²) in [4.78, 5) is 0.166. The van der Waals surface area contributed by atoms with Crippen molar-refractivity contribution in [2.45, 2.75) is 30.9 Å². The zero-order chi connectivity index (χ0) is 13.1. The molecule has 6 heteroatoms. The first-order chi connectivity index (χ1) is 7.74. The van der Waals surface area contributed by atoms with E-state index in [0.29, 0.717) is 6.54 Å². The molecule has 0 radical (unpaired) electrons. The second-order valence-corrected chi connectivity index (χ2v) is 6.25. The number of nitrogens with one attached hydrogen (secondary N) is 1. The van der Waals surface area contributed by atoms with E-state index in [2.05, 4.69) is 4.72 Å². The molecule has 4 N–H and O–H groups in total. The summed E-state index contributed by atoms with van der Waals surface area (Å²) in [7, 11) is -3.57. The lowest BCUT2D eigenvalue weighted by Crippen LogP contribution is -2.38. The van der Waals surface area contributed by atoms with Crippen LogP contribution < -0.4 is 10.5 Å². The highest BCUT2D eigenvalue weighted by Gasteiger charge is 2.19. The van der Waals surface area contributed by atoms with E-state index in [-0.39, 0.29) is 11.4 Å². The van der Waals surface area contributed by atoms with Gasteiger partial charge in [-0.25, -0.2) is 13.1 Å². The van der Waals surface area contributed by atoms with Gasteiger partial charge in [0.05, 0.1) is 10.5 Å². The standard InChI is InChI=1S/C11H18N2O3S/c1-11(2,14)8-13-17(15,16)10-5-3-9(7-12)4-6-10/h3-6,13-14H,7-8,12H2,1-2H3. The van der Waals surface area contributed by atoms with Gasteiger partial charge in [0, 0.05) is 13.1 Å². The first-order valence-electron chi connectivity index (χ1n) is 5.26. The van der Waals surface area contributed by atoms with Gasteiger partial charge in [-0.2, -0.15) is 0 Å². The van der Waals surface area contributed by atoms with Gasteiger partial charge in [-0.3, -0.25) is 0 Å². The van der Waals surface area contributed by atoms with Crippen LogP contribution in [0.15, 0.2) is 29.2 Å². The average Bonchev–Trinajstić information content (AvgIpc) is 2.26. The summed E-state index contributed by atoms with van der Waals surface area (Å²) in [6.07, 6.45) is 0. The number of rotatable bonds is 5. The van der Waals surface area contributed by atoms with Gasteiger partial charge in [-0.05, 0) is 31.5 Å². The summed E-state index contributed by atoms with van der Waals surface area (Å²) in [6, 6.07) is 6.32. The first kappa shape index (κ1) is 14.1. The number of hydrogen-bond acceptors (Lipinski definition) is 4. The molecule has 0 aliphatic heterocycles. The Morgan fingerprint density at radius 3 is 2.24 bits per heavy atom. The van der Waals surface area contributed by atoms with Crippen molar-refractivity contribution in [2.24, 2.45) is 5.73 Å². The van der Waals surface area contributed by atoms with E-state index in [0.717, 1.165) is 5.56 Å². The molecular formula is C11H18N2O3S. The van der Waals surface area contributed by atoms with Gasteiger partial charge < -0.3 is 10.8 Å². The van der Waals surface area contributed by atoms with Crippen LogP contribution in [0.25, 0.3) is 0 Å². The minimum atomic E-state index is -3.57. The van der Waals surface area contributed by atoms with Gasteiger partial charge in [0.25, 0.3) is 0 Å². The summed E-state index contributed by atoms with van der Waals surface area (Å²) >= 11 is 0. The van der Waals surface area contributed by atoms with E-state index in [1.807, 2.05) is 0 Å². The van der Waals surface area contributed by atoms with Gasteiger partial charge in [-0.1, -0.05) is 12.1 Å². The summed E-state index contributed by atoms with van der Waals surface area (Å²) in [5.74, 6) is 0. The predicted octanol–water partition coefficient (Wildman–Crippen LogP) is 0.194. The molecular weight excluding hydrogens is 240 g/mol. The number of aliphatic hydroxyl groups is 1. The fourth-order valence-corrected chi connectivity index (χ4v) is 2.36. The second kappa shape index (κ2) is 5.14. The lowest BCUT2D eigenvalue weighted by atomic mass is 10.1. The Hall–Kier alpha value is -0.950. The topological polar surface area (TPSA) is 92.4 Å². The molecule has 1 rings (SSSR count). The summed E-state index contributed by atoms with van der Waals surface area (Å²) in [5.41, 5.74) is 5.21. The van der Waals surface area contributed by atoms with Gasteiger partial charge >= 0.3 is 0 Å². The van der Waals surface area contributed by atoms with Crippen LogP contribution in [-0.4, -0.2) is 25.7 Å². The van der Waals surface area contributed by atoms with E-state index >= 15 is 0 Å². The first-order valence-corrected chi connectivity index (χ1v) is 6.74. The molecule has 5 nitrogen and oxygen atoms in total. The molecule has 0 aliphatic rings. The molecule has 0 saturated heterocycles. The number of sulfonamides is 1. The molecule has 0 atom stereocenters. The van der Waals surface area contributed by atoms with Crippen LogP contribution >= 0.6 is 0 Å². The molecule has 0 heterocycles. The Kier molecular flexibility index (Phi) is 4.26. The molecule has 0 spiro atoms. The van der Waals surface area contributed by atoms with Crippen LogP contribution in [0, 0.1) is 0 Å². The van der Waals surface area contributed by atoms with Gasteiger partial charge in [0.15, 0.2) is 0 Å². The Labute approximate surface area is 102 Å². The quantitative estimate of drug-likeness (QED) is 0.703. The van der Waals surface area contributed by atoms with E-state index < -0.39 is 15.6 Å². The maximum atomic E-state index is 11.8. The van der Waals surface area contributed by atoms with Crippen LogP contribution in [0.2, 0.25) is 0 Å². The maximum absolute atomic E-state index is 11.8. The van der Waals surface area contributed by atoms with Crippen molar-refractivity contribution >= 4 is 10.0 Å². The van der Waals surface area contributed by atoms with Gasteiger partial charge in [0.1, 0.15) is 0 Å². The van der Waals surface area contributed by atoms with Gasteiger partial charge in [-0.15, -0.1) is 0 Å². The fraction of sp³-hybridized carbons (Fsp3) is 0.455. The zero-order valence-corrected chi connectivity index (χ0v) is 10.8. The van der Waals surface area contributed by atoms with Crippen molar-refractivity contribution in [3.05, 3.63) is 29.8 Å². The summed E-state index contributed by atoms with van der Waals surface area (Å²) in [5, 5.41) is 9.47. The van der Waals surface area contributed by atoms with Crippen LogP contribution in [0.1, 0.15) is 19.4 Å². The summed E-state index contributed by atoms with van der Waals surface area (Å²) < 4.78 is 26.0. The number of hydrogen-bond donors (Lipinski definition) is 3. The Bertz CT molecular complexity index is 460. The second-order valence-electron chi connectivity index (χ2n) is 4.49. The Morgan fingerprint density at radius 1 is 1.29 bits per heavy atom. The van der Waals surface area contributed by atoms with E-state index in [4.69, 9.17) is 5.73 Å². The van der Waals surface area contributed by atoms with Crippen molar-refractivity contribution < 1.29 is 13.5 Å². The molecule has 1 aromatic carbocycles. The minimum absolute atomic E-state index is 0.0338. The Morgan fingerprint density at radius 2 is 1.82 bits per heavy atom. The van der Waals surface area contributed by atoms with Crippen molar-refractivity contribution in [3.8, 4) is 0 Å². The van der Waals surface area contributed by atoms with Crippen molar-refractivity contribution in [1.82, 2.24) is 4.72 Å². The molecule has 0 bridgehead atoms.